The summed E-state index contributed by atoms with van der Waals surface area (Å²) >= 11 is 0. The van der Waals surface area contributed by atoms with E-state index in [1.54, 1.807) is 13.0 Å². The van der Waals surface area contributed by atoms with Crippen molar-refractivity contribution in [1.29, 1.82) is 0 Å². The maximum Gasteiger partial charge on any atom is 0.416 e. The van der Waals surface area contributed by atoms with E-state index in [2.05, 4.69) is 10.5 Å². The van der Waals surface area contributed by atoms with E-state index in [9.17, 15) is 22.8 Å². The monoisotopic (exact) mass is 407 g/mol. The Labute approximate surface area is 163 Å². The van der Waals surface area contributed by atoms with Crippen LogP contribution in [0.4, 0.5) is 18.9 Å². The van der Waals surface area contributed by atoms with Gasteiger partial charge in [-0.25, -0.2) is 0 Å². The molecule has 1 aromatic carbocycles. The predicted octanol–water partition coefficient (Wildman–Crippen LogP) is 4.12. The molecule has 0 radical (unpaired) electrons. The van der Waals surface area contributed by atoms with E-state index in [0.29, 0.717) is 11.3 Å². The van der Waals surface area contributed by atoms with Gasteiger partial charge in [0, 0.05) is 36.5 Å². The Morgan fingerprint density at radius 3 is 2.55 bits per heavy atom. The molecule has 10 heteroatoms. The van der Waals surface area contributed by atoms with Crippen molar-refractivity contribution in [3.05, 3.63) is 71.0 Å². The molecule has 2 aromatic heterocycles. The summed E-state index contributed by atoms with van der Waals surface area (Å²) in [6.07, 6.45) is -1.85. The van der Waals surface area contributed by atoms with Gasteiger partial charge in [-0.05, 0) is 31.2 Å². The van der Waals surface area contributed by atoms with Gasteiger partial charge in [-0.1, -0.05) is 5.16 Å². The number of carbonyl (C=O) groups excluding carboxylic acids is 2. The number of rotatable bonds is 5. The van der Waals surface area contributed by atoms with Gasteiger partial charge in [0.1, 0.15) is 0 Å². The fraction of sp³-hybridized carbons (Fsp3) is 0.211. The first-order chi connectivity index (χ1) is 13.6. The quantitative estimate of drug-likeness (QED) is 0.687. The number of nitrogens with one attached hydrogen (secondary N) is 1. The summed E-state index contributed by atoms with van der Waals surface area (Å²) in [6.45, 7) is 1.74. The van der Waals surface area contributed by atoms with Crippen molar-refractivity contribution in [2.24, 2.45) is 0 Å². The highest BCUT2D eigenvalue weighted by atomic mass is 19.4. The van der Waals surface area contributed by atoms with Crippen LogP contribution in [0.2, 0.25) is 0 Å². The van der Waals surface area contributed by atoms with E-state index in [1.165, 1.54) is 36.6 Å². The first-order valence-corrected chi connectivity index (χ1v) is 8.37. The van der Waals surface area contributed by atoms with E-state index in [1.807, 2.05) is 0 Å². The Morgan fingerprint density at radius 1 is 1.21 bits per heavy atom. The zero-order chi connectivity index (χ0) is 21.2. The maximum atomic E-state index is 13.3. The molecule has 152 valence electrons. The largest absolute Gasteiger partial charge is 0.472 e. The lowest BCUT2D eigenvalue weighted by Gasteiger charge is -2.18. The van der Waals surface area contributed by atoms with E-state index < -0.39 is 23.6 Å². The summed E-state index contributed by atoms with van der Waals surface area (Å²) in [7, 11) is 1.45. The van der Waals surface area contributed by atoms with Gasteiger partial charge in [-0.2, -0.15) is 13.2 Å². The third-order valence-electron chi connectivity index (χ3n) is 3.96. The van der Waals surface area contributed by atoms with Gasteiger partial charge in [0.2, 0.25) is 5.76 Å². The van der Waals surface area contributed by atoms with Crippen LogP contribution >= 0.6 is 0 Å². The Hall–Kier alpha value is -3.56. The van der Waals surface area contributed by atoms with Crippen LogP contribution in [0, 0.1) is 6.92 Å². The third-order valence-corrected chi connectivity index (χ3v) is 3.96. The van der Waals surface area contributed by atoms with Gasteiger partial charge in [0.25, 0.3) is 11.8 Å². The second-order valence-electron chi connectivity index (χ2n) is 6.38. The lowest BCUT2D eigenvalue weighted by atomic mass is 10.1. The van der Waals surface area contributed by atoms with Crippen molar-refractivity contribution in [3.8, 4) is 0 Å². The number of aryl methyl sites for hydroxylation is 1. The summed E-state index contributed by atoms with van der Waals surface area (Å²) < 4.78 is 49.6. The van der Waals surface area contributed by atoms with Gasteiger partial charge >= 0.3 is 6.18 Å². The van der Waals surface area contributed by atoms with Crippen LogP contribution in [0.5, 0.6) is 0 Å². The number of nitrogens with zero attached hydrogens (tertiary/aromatic N) is 2. The summed E-state index contributed by atoms with van der Waals surface area (Å²) in [5.74, 6) is -1.59. The highest BCUT2D eigenvalue weighted by Crippen LogP contribution is 2.32. The summed E-state index contributed by atoms with van der Waals surface area (Å²) in [6, 6.07) is 5.63. The van der Waals surface area contributed by atoms with Crippen molar-refractivity contribution in [2.45, 2.75) is 19.6 Å². The van der Waals surface area contributed by atoms with Crippen LogP contribution in [0.1, 0.15) is 37.7 Å². The fourth-order valence-electron chi connectivity index (χ4n) is 2.60. The molecule has 0 saturated heterocycles. The normalized spacial score (nSPS) is 11.3. The van der Waals surface area contributed by atoms with Crippen molar-refractivity contribution in [1.82, 2.24) is 10.1 Å². The Balaban J connectivity index is 1.89. The predicted molar refractivity (Wildman–Crippen MR) is 95.1 cm³/mol. The number of hydrogen-bond acceptors (Lipinski definition) is 5. The van der Waals surface area contributed by atoms with Crippen molar-refractivity contribution < 1.29 is 31.7 Å². The van der Waals surface area contributed by atoms with Crippen molar-refractivity contribution >= 4 is 17.5 Å². The molecule has 1 N–H and O–H groups in total. The number of benzene rings is 1. The summed E-state index contributed by atoms with van der Waals surface area (Å²) in [5.41, 5.74) is -0.365. The van der Waals surface area contributed by atoms with Crippen LogP contribution < -0.4 is 5.32 Å². The molecule has 0 unspecified atom stereocenters. The first-order valence-electron chi connectivity index (χ1n) is 8.37. The lowest BCUT2D eigenvalue weighted by Crippen LogP contribution is -2.26. The van der Waals surface area contributed by atoms with Crippen LogP contribution in [-0.4, -0.2) is 28.9 Å². The number of amides is 2. The molecule has 2 amide bonds. The molecule has 0 aliphatic heterocycles. The number of halogens is 3. The molecule has 0 atom stereocenters. The number of alkyl halides is 3. The minimum atomic E-state index is -4.71. The SMILES string of the molecule is Cc1cc(C(=O)Nc2cc(C(=O)N(C)Cc3ccoc3)cc(C(F)(F)F)c2)on1. The van der Waals surface area contributed by atoms with Crippen LogP contribution in [0.15, 0.2) is 51.8 Å². The topological polar surface area (TPSA) is 88.6 Å². The second kappa shape index (κ2) is 7.82. The van der Waals surface area contributed by atoms with Gasteiger partial charge in [-0.3, -0.25) is 9.59 Å². The molecule has 0 bridgehead atoms. The Morgan fingerprint density at radius 2 is 1.97 bits per heavy atom. The molecule has 7 nitrogen and oxygen atoms in total. The number of furan rings is 1. The van der Waals surface area contributed by atoms with Crippen LogP contribution in [0.25, 0.3) is 0 Å². The van der Waals surface area contributed by atoms with Crippen LogP contribution in [-0.2, 0) is 12.7 Å². The molecular formula is C19H16F3N3O4. The molecular weight excluding hydrogens is 391 g/mol. The summed E-state index contributed by atoms with van der Waals surface area (Å²) in [5, 5.41) is 5.86. The minimum Gasteiger partial charge on any atom is -0.472 e. The highest BCUT2D eigenvalue weighted by molar-refractivity contribution is 6.03. The maximum absolute atomic E-state index is 13.3. The lowest BCUT2D eigenvalue weighted by molar-refractivity contribution is -0.137. The molecule has 0 aliphatic rings. The number of anilines is 1. The minimum absolute atomic E-state index is 0.143. The van der Waals surface area contributed by atoms with Gasteiger partial charge in [-0.15, -0.1) is 0 Å². The molecule has 0 aliphatic carbocycles. The number of aromatic nitrogens is 1. The Kier molecular flexibility index (Phi) is 5.44. The van der Waals surface area contributed by atoms with Crippen molar-refractivity contribution in [2.75, 3.05) is 12.4 Å². The van der Waals surface area contributed by atoms with E-state index in [-0.39, 0.29) is 23.6 Å². The number of hydrogen-bond donors (Lipinski definition) is 1. The van der Waals surface area contributed by atoms with Gasteiger partial charge < -0.3 is 19.2 Å². The van der Waals surface area contributed by atoms with E-state index in [0.717, 1.165) is 12.1 Å². The average Bonchev–Trinajstić information content (AvgIpc) is 3.31. The van der Waals surface area contributed by atoms with Crippen molar-refractivity contribution in [3.63, 3.8) is 0 Å². The summed E-state index contributed by atoms with van der Waals surface area (Å²) in [4.78, 5) is 26.1. The zero-order valence-electron chi connectivity index (χ0n) is 15.4. The van der Waals surface area contributed by atoms with E-state index >= 15 is 0 Å². The zero-order valence-corrected chi connectivity index (χ0v) is 15.4. The Bertz CT molecular complexity index is 1030. The van der Waals surface area contributed by atoms with Gasteiger partial charge in [0.05, 0.1) is 23.8 Å². The highest BCUT2D eigenvalue weighted by Gasteiger charge is 2.32. The molecule has 0 fully saturated rings. The molecule has 3 rings (SSSR count). The third kappa shape index (κ3) is 4.84. The smallest absolute Gasteiger partial charge is 0.416 e. The van der Waals surface area contributed by atoms with Gasteiger partial charge in [0.15, 0.2) is 0 Å². The second-order valence-corrected chi connectivity index (χ2v) is 6.38. The average molecular weight is 407 g/mol. The molecule has 3 aromatic rings. The molecule has 2 heterocycles. The number of carbonyl (C=O) groups is 2. The molecule has 0 saturated carbocycles. The molecule has 0 spiro atoms. The standard InChI is InChI=1S/C19H16F3N3O4/c1-11-5-16(29-24-11)17(26)23-15-7-13(6-14(8-15)19(20,21)22)18(27)25(2)9-12-3-4-28-10-12/h3-8,10H,9H2,1-2H3,(H,23,26). The van der Waals surface area contributed by atoms with Crippen LogP contribution in [0.3, 0.4) is 0 Å². The fourth-order valence-corrected chi connectivity index (χ4v) is 2.60. The first kappa shape index (κ1) is 20.2. The van der Waals surface area contributed by atoms with E-state index in [4.69, 9.17) is 8.94 Å². The molecule has 29 heavy (non-hydrogen) atoms.